The van der Waals surface area contributed by atoms with E-state index in [9.17, 15) is 9.59 Å². The van der Waals surface area contributed by atoms with Gasteiger partial charge < -0.3 is 5.32 Å². The molecule has 1 unspecified atom stereocenters. The first-order valence-electron chi connectivity index (χ1n) is 8.72. The highest BCUT2D eigenvalue weighted by molar-refractivity contribution is 6.30. The number of nitrogens with one attached hydrogen (secondary N) is 1. The number of rotatable bonds is 6. The van der Waals surface area contributed by atoms with Gasteiger partial charge in [-0.25, -0.2) is 4.68 Å². The SMILES string of the molecule is CC(C(=O)NCCc1ccc(Cl)cc1)n1nc(-c2ccccc2)ccc1=O. The number of aromatic nitrogens is 2. The van der Waals surface area contributed by atoms with Crippen molar-refractivity contribution in [3.8, 4) is 11.3 Å². The first kappa shape index (κ1) is 18.9. The van der Waals surface area contributed by atoms with Crippen LogP contribution in [0.25, 0.3) is 11.3 Å². The van der Waals surface area contributed by atoms with Gasteiger partial charge in [-0.1, -0.05) is 54.1 Å². The maximum Gasteiger partial charge on any atom is 0.267 e. The average Bonchev–Trinajstić information content (AvgIpc) is 2.70. The molecule has 0 aliphatic rings. The number of hydrogen-bond acceptors (Lipinski definition) is 3. The lowest BCUT2D eigenvalue weighted by Crippen LogP contribution is -2.37. The van der Waals surface area contributed by atoms with E-state index in [1.165, 1.54) is 10.7 Å². The third-order valence-electron chi connectivity index (χ3n) is 4.27. The topological polar surface area (TPSA) is 64.0 Å². The lowest BCUT2D eigenvalue weighted by molar-refractivity contribution is -0.124. The van der Waals surface area contributed by atoms with Crippen LogP contribution < -0.4 is 10.9 Å². The number of carbonyl (C=O) groups is 1. The minimum atomic E-state index is -0.702. The van der Waals surface area contributed by atoms with Crippen LogP contribution >= 0.6 is 11.6 Å². The van der Waals surface area contributed by atoms with Gasteiger partial charge in [0, 0.05) is 23.2 Å². The molecule has 3 aromatic rings. The summed E-state index contributed by atoms with van der Waals surface area (Å²) in [6.07, 6.45) is 0.683. The fraction of sp³-hybridized carbons (Fsp3) is 0.190. The normalized spacial score (nSPS) is 11.8. The summed E-state index contributed by atoms with van der Waals surface area (Å²) >= 11 is 5.87. The summed E-state index contributed by atoms with van der Waals surface area (Å²) in [7, 11) is 0. The van der Waals surface area contributed by atoms with Crippen molar-refractivity contribution < 1.29 is 4.79 Å². The molecule has 1 N–H and O–H groups in total. The molecule has 138 valence electrons. The summed E-state index contributed by atoms with van der Waals surface area (Å²) in [6.45, 7) is 2.14. The highest BCUT2D eigenvalue weighted by Crippen LogP contribution is 2.15. The Morgan fingerprint density at radius 3 is 2.48 bits per heavy atom. The predicted octanol–water partition coefficient (Wildman–Crippen LogP) is 3.48. The highest BCUT2D eigenvalue weighted by Gasteiger charge is 2.17. The third kappa shape index (κ3) is 4.83. The van der Waals surface area contributed by atoms with Crippen molar-refractivity contribution in [2.24, 2.45) is 0 Å². The molecule has 0 aliphatic heterocycles. The molecule has 5 nitrogen and oxygen atoms in total. The second-order valence-electron chi connectivity index (χ2n) is 6.21. The number of halogens is 1. The van der Waals surface area contributed by atoms with Crippen LogP contribution in [0.5, 0.6) is 0 Å². The summed E-state index contributed by atoms with van der Waals surface area (Å²) in [4.78, 5) is 24.6. The zero-order valence-electron chi connectivity index (χ0n) is 14.9. The second kappa shape index (κ2) is 8.64. The Morgan fingerprint density at radius 2 is 1.78 bits per heavy atom. The van der Waals surface area contributed by atoms with Crippen molar-refractivity contribution in [2.45, 2.75) is 19.4 Å². The monoisotopic (exact) mass is 381 g/mol. The lowest BCUT2D eigenvalue weighted by atomic mass is 10.1. The molecule has 0 saturated carbocycles. The fourth-order valence-corrected chi connectivity index (χ4v) is 2.83. The molecule has 3 rings (SSSR count). The smallest absolute Gasteiger partial charge is 0.267 e. The second-order valence-corrected chi connectivity index (χ2v) is 6.65. The minimum Gasteiger partial charge on any atom is -0.354 e. The summed E-state index contributed by atoms with van der Waals surface area (Å²) < 4.78 is 1.22. The first-order valence-corrected chi connectivity index (χ1v) is 9.10. The van der Waals surface area contributed by atoms with Gasteiger partial charge in [-0.2, -0.15) is 5.10 Å². The average molecular weight is 382 g/mol. The number of hydrogen-bond donors (Lipinski definition) is 1. The van der Waals surface area contributed by atoms with Crippen molar-refractivity contribution in [1.82, 2.24) is 15.1 Å². The third-order valence-corrected chi connectivity index (χ3v) is 4.52. The van der Waals surface area contributed by atoms with Gasteiger partial charge in [0.15, 0.2) is 0 Å². The fourth-order valence-electron chi connectivity index (χ4n) is 2.71. The van der Waals surface area contributed by atoms with Crippen molar-refractivity contribution in [2.75, 3.05) is 6.54 Å². The molecular weight excluding hydrogens is 362 g/mol. The summed E-state index contributed by atoms with van der Waals surface area (Å²) in [5.74, 6) is -0.247. The van der Waals surface area contributed by atoms with Crippen molar-refractivity contribution in [1.29, 1.82) is 0 Å². The van der Waals surface area contributed by atoms with E-state index in [2.05, 4.69) is 10.4 Å². The van der Waals surface area contributed by atoms with Crippen LogP contribution in [-0.2, 0) is 11.2 Å². The van der Waals surface area contributed by atoms with E-state index in [-0.39, 0.29) is 11.5 Å². The van der Waals surface area contributed by atoms with E-state index in [0.717, 1.165) is 11.1 Å². The maximum atomic E-state index is 12.5. The van der Waals surface area contributed by atoms with Crippen molar-refractivity contribution >= 4 is 17.5 Å². The Kier molecular flexibility index (Phi) is 6.04. The molecule has 0 bridgehead atoms. The van der Waals surface area contributed by atoms with Crippen LogP contribution in [0.2, 0.25) is 5.02 Å². The van der Waals surface area contributed by atoms with Gasteiger partial charge >= 0.3 is 0 Å². The van der Waals surface area contributed by atoms with E-state index in [0.29, 0.717) is 23.7 Å². The summed E-state index contributed by atoms with van der Waals surface area (Å²) in [5.41, 5.74) is 2.31. The summed E-state index contributed by atoms with van der Waals surface area (Å²) in [6, 6.07) is 19.4. The van der Waals surface area contributed by atoms with Crippen LogP contribution in [0, 0.1) is 0 Å². The maximum absolute atomic E-state index is 12.5. The number of carbonyl (C=O) groups excluding carboxylic acids is 1. The Bertz CT molecular complexity index is 969. The lowest BCUT2D eigenvalue weighted by Gasteiger charge is -2.15. The van der Waals surface area contributed by atoms with Gasteiger partial charge in [0.1, 0.15) is 6.04 Å². The molecule has 27 heavy (non-hydrogen) atoms. The van der Waals surface area contributed by atoms with E-state index >= 15 is 0 Å². The van der Waals surface area contributed by atoms with Crippen molar-refractivity contribution in [3.63, 3.8) is 0 Å². The van der Waals surface area contributed by atoms with E-state index in [4.69, 9.17) is 11.6 Å². The van der Waals surface area contributed by atoms with Gasteiger partial charge in [-0.15, -0.1) is 0 Å². The molecule has 0 fully saturated rings. The number of benzene rings is 2. The van der Waals surface area contributed by atoms with Gasteiger partial charge in [-0.3, -0.25) is 9.59 Å². The van der Waals surface area contributed by atoms with Gasteiger partial charge in [0.05, 0.1) is 5.69 Å². The largest absolute Gasteiger partial charge is 0.354 e. The molecule has 0 spiro atoms. The van der Waals surface area contributed by atoms with E-state index in [1.807, 2.05) is 54.6 Å². The summed E-state index contributed by atoms with van der Waals surface area (Å²) in [5, 5.41) is 7.91. The molecule has 0 aliphatic carbocycles. The molecule has 1 aromatic heterocycles. The Labute approximate surface area is 162 Å². The van der Waals surface area contributed by atoms with E-state index < -0.39 is 6.04 Å². The van der Waals surface area contributed by atoms with Gasteiger partial charge in [0.25, 0.3) is 5.56 Å². The zero-order valence-corrected chi connectivity index (χ0v) is 15.7. The quantitative estimate of drug-likeness (QED) is 0.711. The Morgan fingerprint density at radius 1 is 1.07 bits per heavy atom. The Hall–Kier alpha value is -2.92. The Balaban J connectivity index is 1.67. The van der Waals surface area contributed by atoms with Gasteiger partial charge in [-0.05, 0) is 37.1 Å². The van der Waals surface area contributed by atoms with Crippen LogP contribution in [0.15, 0.2) is 71.5 Å². The van der Waals surface area contributed by atoms with Crippen LogP contribution in [0.4, 0.5) is 0 Å². The minimum absolute atomic E-state index is 0.247. The molecule has 1 heterocycles. The van der Waals surface area contributed by atoms with E-state index in [1.54, 1.807) is 13.0 Å². The molecule has 1 amide bonds. The number of nitrogens with zero attached hydrogens (tertiary/aromatic N) is 2. The first-order chi connectivity index (χ1) is 13.0. The van der Waals surface area contributed by atoms with Crippen LogP contribution in [0.1, 0.15) is 18.5 Å². The van der Waals surface area contributed by atoms with Gasteiger partial charge in [0.2, 0.25) is 5.91 Å². The molecule has 0 radical (unpaired) electrons. The molecule has 0 saturated heterocycles. The van der Waals surface area contributed by atoms with Crippen LogP contribution in [-0.4, -0.2) is 22.2 Å². The predicted molar refractivity (Wildman–Crippen MR) is 107 cm³/mol. The standard InChI is InChI=1S/C21H20ClN3O2/c1-15(21(27)23-14-13-16-7-9-18(22)10-8-16)25-20(26)12-11-19(24-25)17-5-3-2-4-6-17/h2-12,15H,13-14H2,1H3,(H,23,27). The molecule has 2 aromatic carbocycles. The molecular formula is C21H20ClN3O2. The zero-order chi connectivity index (χ0) is 19.2. The van der Waals surface area contributed by atoms with Crippen LogP contribution in [0.3, 0.4) is 0 Å². The highest BCUT2D eigenvalue weighted by atomic mass is 35.5. The number of amides is 1. The molecule has 1 atom stereocenters. The molecule has 6 heteroatoms. The van der Waals surface area contributed by atoms with Crippen molar-refractivity contribution in [3.05, 3.63) is 87.7 Å².